The lowest BCUT2D eigenvalue weighted by molar-refractivity contribution is 0.00674. The lowest BCUT2D eigenvalue weighted by atomic mass is 9.80. The SMILES string of the molecule is OB(O)c1ccnc(C2COC2)c1. The van der Waals surface area contributed by atoms with Crippen molar-refractivity contribution in [2.45, 2.75) is 5.92 Å². The molecule has 0 atom stereocenters. The molecule has 2 N–H and O–H groups in total. The molecule has 1 aromatic rings. The first-order valence-electron chi connectivity index (χ1n) is 4.17. The third-order valence-corrected chi connectivity index (χ3v) is 2.16. The van der Waals surface area contributed by atoms with Gasteiger partial charge in [-0.25, -0.2) is 0 Å². The van der Waals surface area contributed by atoms with Crippen molar-refractivity contribution in [1.29, 1.82) is 0 Å². The number of hydrogen-bond donors (Lipinski definition) is 2. The van der Waals surface area contributed by atoms with Crippen LogP contribution in [0.3, 0.4) is 0 Å². The van der Waals surface area contributed by atoms with Crippen LogP contribution in [0.4, 0.5) is 0 Å². The zero-order valence-corrected chi connectivity index (χ0v) is 7.05. The fourth-order valence-corrected chi connectivity index (χ4v) is 1.26. The lowest BCUT2D eigenvalue weighted by Gasteiger charge is -2.25. The molecule has 0 saturated carbocycles. The summed E-state index contributed by atoms with van der Waals surface area (Å²) in [5, 5.41) is 17.8. The Morgan fingerprint density at radius 2 is 2.23 bits per heavy atom. The van der Waals surface area contributed by atoms with Crippen LogP contribution in [0.25, 0.3) is 0 Å². The van der Waals surface area contributed by atoms with Gasteiger partial charge in [-0.2, -0.15) is 0 Å². The molecule has 5 heteroatoms. The molecule has 0 aliphatic carbocycles. The van der Waals surface area contributed by atoms with Gasteiger partial charge in [0, 0.05) is 17.8 Å². The van der Waals surface area contributed by atoms with E-state index in [1.807, 2.05) is 0 Å². The molecule has 0 radical (unpaired) electrons. The van der Waals surface area contributed by atoms with Crippen LogP contribution >= 0.6 is 0 Å². The molecule has 2 heterocycles. The Morgan fingerprint density at radius 3 is 2.77 bits per heavy atom. The average molecular weight is 179 g/mol. The molecule has 1 aliphatic heterocycles. The fourth-order valence-electron chi connectivity index (χ4n) is 1.26. The summed E-state index contributed by atoms with van der Waals surface area (Å²) in [6, 6.07) is 3.30. The first-order valence-corrected chi connectivity index (χ1v) is 4.17. The van der Waals surface area contributed by atoms with Gasteiger partial charge in [0.25, 0.3) is 0 Å². The van der Waals surface area contributed by atoms with Gasteiger partial charge in [-0.3, -0.25) is 4.98 Å². The van der Waals surface area contributed by atoms with Crippen molar-refractivity contribution in [3.05, 3.63) is 24.0 Å². The maximum absolute atomic E-state index is 8.92. The van der Waals surface area contributed by atoms with Gasteiger partial charge in [-0.15, -0.1) is 0 Å². The predicted octanol–water partition coefficient (Wildman–Crippen LogP) is -1.12. The second-order valence-electron chi connectivity index (χ2n) is 3.12. The van der Waals surface area contributed by atoms with Crippen molar-refractivity contribution in [3.8, 4) is 0 Å². The Bertz CT molecular complexity index is 301. The fraction of sp³-hybridized carbons (Fsp3) is 0.375. The molecule has 2 rings (SSSR count). The van der Waals surface area contributed by atoms with Crippen LogP contribution in [-0.2, 0) is 4.74 Å². The molecule has 0 unspecified atom stereocenters. The van der Waals surface area contributed by atoms with E-state index in [4.69, 9.17) is 14.8 Å². The molecule has 1 saturated heterocycles. The van der Waals surface area contributed by atoms with Crippen molar-refractivity contribution >= 4 is 12.6 Å². The molecule has 4 nitrogen and oxygen atoms in total. The van der Waals surface area contributed by atoms with Gasteiger partial charge < -0.3 is 14.8 Å². The average Bonchev–Trinajstić information content (AvgIpc) is 2.01. The van der Waals surface area contributed by atoms with E-state index >= 15 is 0 Å². The molecule has 0 bridgehead atoms. The standard InChI is InChI=1S/C8H10BNO3/c11-9(12)7-1-2-10-8(3-7)6-4-13-5-6/h1-3,6,11-12H,4-5H2. The van der Waals surface area contributed by atoms with Crippen LogP contribution in [0, 0.1) is 0 Å². The van der Waals surface area contributed by atoms with Crippen LogP contribution in [0.2, 0.25) is 0 Å². The number of aromatic nitrogens is 1. The van der Waals surface area contributed by atoms with Crippen LogP contribution in [0.5, 0.6) is 0 Å². The second kappa shape index (κ2) is 3.45. The third-order valence-electron chi connectivity index (χ3n) is 2.16. The second-order valence-corrected chi connectivity index (χ2v) is 3.12. The van der Waals surface area contributed by atoms with Crippen LogP contribution in [0.15, 0.2) is 18.3 Å². The minimum atomic E-state index is -1.41. The van der Waals surface area contributed by atoms with Gasteiger partial charge in [0.05, 0.1) is 13.2 Å². The van der Waals surface area contributed by atoms with Crippen LogP contribution in [-0.4, -0.2) is 35.4 Å². The quantitative estimate of drug-likeness (QED) is 0.564. The van der Waals surface area contributed by atoms with Crippen molar-refractivity contribution in [3.63, 3.8) is 0 Å². The molecular formula is C8H10BNO3. The van der Waals surface area contributed by atoms with E-state index in [1.165, 1.54) is 0 Å². The zero-order valence-electron chi connectivity index (χ0n) is 7.05. The number of rotatable bonds is 2. The minimum absolute atomic E-state index is 0.318. The summed E-state index contributed by atoms with van der Waals surface area (Å²) in [6.45, 7) is 1.36. The molecule has 1 aromatic heterocycles. The first-order chi connectivity index (χ1) is 6.27. The van der Waals surface area contributed by atoms with Gasteiger partial charge in [-0.05, 0) is 17.6 Å². The number of nitrogens with zero attached hydrogens (tertiary/aromatic N) is 1. The summed E-state index contributed by atoms with van der Waals surface area (Å²) in [5.41, 5.74) is 1.36. The molecule has 68 valence electrons. The summed E-state index contributed by atoms with van der Waals surface area (Å²) in [6.07, 6.45) is 1.59. The van der Waals surface area contributed by atoms with Crippen molar-refractivity contribution in [1.82, 2.24) is 4.98 Å². The smallest absolute Gasteiger partial charge is 0.423 e. The van der Waals surface area contributed by atoms with E-state index < -0.39 is 7.12 Å². The largest absolute Gasteiger partial charge is 0.488 e. The van der Waals surface area contributed by atoms with E-state index in [9.17, 15) is 0 Å². The molecule has 1 aliphatic rings. The number of ether oxygens (including phenoxy) is 1. The highest BCUT2D eigenvalue weighted by Crippen LogP contribution is 2.20. The third kappa shape index (κ3) is 1.72. The van der Waals surface area contributed by atoms with Gasteiger partial charge in [-0.1, -0.05) is 0 Å². The van der Waals surface area contributed by atoms with E-state index in [1.54, 1.807) is 18.3 Å². The summed E-state index contributed by atoms with van der Waals surface area (Å²) >= 11 is 0. The summed E-state index contributed by atoms with van der Waals surface area (Å²) in [7, 11) is -1.41. The molecule has 0 spiro atoms. The monoisotopic (exact) mass is 179 g/mol. The molecule has 13 heavy (non-hydrogen) atoms. The first kappa shape index (κ1) is 8.68. The zero-order chi connectivity index (χ0) is 9.26. The Kier molecular flexibility index (Phi) is 2.31. The van der Waals surface area contributed by atoms with E-state index in [-0.39, 0.29) is 0 Å². The van der Waals surface area contributed by atoms with Crippen LogP contribution < -0.4 is 5.46 Å². The summed E-state index contributed by atoms with van der Waals surface area (Å²) in [4.78, 5) is 4.14. The minimum Gasteiger partial charge on any atom is -0.423 e. The maximum Gasteiger partial charge on any atom is 0.488 e. The predicted molar refractivity (Wildman–Crippen MR) is 47.6 cm³/mol. The number of pyridine rings is 1. The van der Waals surface area contributed by atoms with E-state index in [2.05, 4.69) is 4.98 Å². The highest BCUT2D eigenvalue weighted by Gasteiger charge is 2.23. The lowest BCUT2D eigenvalue weighted by Crippen LogP contribution is -2.32. The Hall–Kier alpha value is -0.905. The van der Waals surface area contributed by atoms with E-state index in [0.717, 1.165) is 5.69 Å². The Morgan fingerprint density at radius 1 is 1.46 bits per heavy atom. The summed E-state index contributed by atoms with van der Waals surface area (Å²) < 4.78 is 5.02. The highest BCUT2D eigenvalue weighted by atomic mass is 16.5. The van der Waals surface area contributed by atoms with Crippen molar-refractivity contribution in [2.24, 2.45) is 0 Å². The van der Waals surface area contributed by atoms with Gasteiger partial charge >= 0.3 is 7.12 Å². The maximum atomic E-state index is 8.92. The topological polar surface area (TPSA) is 62.6 Å². The molecule has 0 aromatic carbocycles. The number of hydrogen-bond acceptors (Lipinski definition) is 4. The molecule has 0 amide bonds. The van der Waals surface area contributed by atoms with Crippen molar-refractivity contribution in [2.75, 3.05) is 13.2 Å². The molecular weight excluding hydrogens is 169 g/mol. The molecule has 1 fully saturated rings. The Labute approximate surface area is 76.3 Å². The van der Waals surface area contributed by atoms with Gasteiger partial charge in [0.15, 0.2) is 0 Å². The summed E-state index contributed by atoms with van der Waals surface area (Å²) in [5.74, 6) is 0.318. The van der Waals surface area contributed by atoms with Gasteiger partial charge in [0.1, 0.15) is 0 Å². The van der Waals surface area contributed by atoms with E-state index in [0.29, 0.717) is 24.6 Å². The Balaban J connectivity index is 2.21. The van der Waals surface area contributed by atoms with Gasteiger partial charge in [0.2, 0.25) is 0 Å². The van der Waals surface area contributed by atoms with Crippen LogP contribution in [0.1, 0.15) is 11.6 Å². The normalized spacial score (nSPS) is 16.8. The van der Waals surface area contributed by atoms with Crippen molar-refractivity contribution < 1.29 is 14.8 Å². The highest BCUT2D eigenvalue weighted by molar-refractivity contribution is 6.58.